The maximum atomic E-state index is 14.3. The van der Waals surface area contributed by atoms with E-state index in [2.05, 4.69) is 36.8 Å². The Morgan fingerprint density at radius 2 is 1.91 bits per heavy atom. The Kier molecular flexibility index (Phi) is 7.74. The van der Waals surface area contributed by atoms with E-state index in [1.165, 1.54) is 23.9 Å². The SMILES string of the molecule is CCN1CCN(CN2C(=O)CN=C(c3nnc(SCCN(C)C)o3)c3cc(F)ccc32)CC1. The minimum Gasteiger partial charge on any atom is -0.410 e. The van der Waals surface area contributed by atoms with Gasteiger partial charge in [0.05, 0.1) is 12.4 Å². The molecule has 0 bridgehead atoms. The molecule has 0 aliphatic carbocycles. The van der Waals surface area contributed by atoms with Gasteiger partial charge in [0.25, 0.3) is 11.1 Å². The van der Waals surface area contributed by atoms with Crippen molar-refractivity contribution in [2.24, 2.45) is 4.99 Å². The molecule has 0 spiro atoms. The zero-order chi connectivity index (χ0) is 23.4. The van der Waals surface area contributed by atoms with Gasteiger partial charge >= 0.3 is 0 Å². The van der Waals surface area contributed by atoms with Crippen molar-refractivity contribution >= 4 is 29.1 Å². The second-order valence-electron chi connectivity index (χ2n) is 8.37. The van der Waals surface area contributed by atoms with Crippen LogP contribution in [0.3, 0.4) is 0 Å². The van der Waals surface area contributed by atoms with E-state index in [1.54, 1.807) is 11.0 Å². The van der Waals surface area contributed by atoms with E-state index in [0.29, 0.717) is 28.9 Å². The molecule has 1 saturated heterocycles. The Bertz CT molecular complexity index is 1000. The second-order valence-corrected chi connectivity index (χ2v) is 9.41. The predicted molar refractivity (Wildman–Crippen MR) is 127 cm³/mol. The number of hydrogen-bond acceptors (Lipinski definition) is 9. The van der Waals surface area contributed by atoms with Crippen LogP contribution >= 0.6 is 11.8 Å². The minimum absolute atomic E-state index is 0.0634. The summed E-state index contributed by atoms with van der Waals surface area (Å²) >= 11 is 1.45. The first-order valence-corrected chi connectivity index (χ1v) is 12.1. The summed E-state index contributed by atoms with van der Waals surface area (Å²) in [6.45, 7) is 8.10. The van der Waals surface area contributed by atoms with Crippen LogP contribution in [0.15, 0.2) is 32.8 Å². The van der Waals surface area contributed by atoms with Gasteiger partial charge in [-0.2, -0.15) is 0 Å². The number of aromatic nitrogens is 2. The predicted octanol–water partition coefficient (Wildman–Crippen LogP) is 1.64. The fourth-order valence-corrected chi connectivity index (χ4v) is 4.72. The Morgan fingerprint density at radius 3 is 2.64 bits per heavy atom. The van der Waals surface area contributed by atoms with Gasteiger partial charge in [-0.25, -0.2) is 4.39 Å². The molecule has 4 rings (SSSR count). The Labute approximate surface area is 197 Å². The lowest BCUT2D eigenvalue weighted by atomic mass is 10.1. The topological polar surface area (TPSA) is 81.3 Å². The molecule has 1 aromatic heterocycles. The zero-order valence-electron chi connectivity index (χ0n) is 19.3. The number of benzene rings is 1. The number of anilines is 1. The molecule has 3 heterocycles. The highest BCUT2D eigenvalue weighted by molar-refractivity contribution is 7.99. The summed E-state index contributed by atoms with van der Waals surface area (Å²) in [6.07, 6.45) is 0. The van der Waals surface area contributed by atoms with Crippen molar-refractivity contribution in [3.05, 3.63) is 35.5 Å². The lowest BCUT2D eigenvalue weighted by Gasteiger charge is -2.37. The van der Waals surface area contributed by atoms with Gasteiger partial charge in [-0.05, 0) is 38.8 Å². The molecule has 2 aliphatic heterocycles. The molecule has 0 saturated carbocycles. The van der Waals surface area contributed by atoms with E-state index in [-0.39, 0.29) is 18.3 Å². The average molecular weight is 476 g/mol. The number of benzodiazepines with no additional fused rings is 1. The highest BCUT2D eigenvalue weighted by atomic mass is 32.2. The molecule has 1 aromatic carbocycles. The number of nitrogens with zero attached hydrogens (tertiary/aromatic N) is 7. The first-order chi connectivity index (χ1) is 15.9. The lowest BCUT2D eigenvalue weighted by molar-refractivity contribution is -0.117. The standard InChI is InChI=1S/C22H30FN7O2S/c1-4-28-7-9-29(10-8-28)15-30-18-6-5-16(23)13-17(18)20(24-14-19(30)31)21-25-26-22(32-21)33-12-11-27(2)3/h5-6,13H,4,7-12,14-15H2,1-3H3. The van der Waals surface area contributed by atoms with Crippen LogP contribution in [0.1, 0.15) is 18.4 Å². The molecule has 0 atom stereocenters. The zero-order valence-corrected chi connectivity index (χ0v) is 20.1. The number of thioether (sulfide) groups is 1. The van der Waals surface area contributed by atoms with Crippen molar-refractivity contribution in [2.45, 2.75) is 12.1 Å². The number of carbonyl (C=O) groups excluding carboxylic acids is 1. The average Bonchev–Trinajstić information content (AvgIpc) is 3.21. The molecule has 33 heavy (non-hydrogen) atoms. The van der Waals surface area contributed by atoms with Gasteiger partial charge in [0.2, 0.25) is 5.91 Å². The number of halogens is 1. The van der Waals surface area contributed by atoms with Crippen molar-refractivity contribution in [2.75, 3.05) is 77.2 Å². The number of likely N-dealkylation sites (N-methyl/N-ethyl adjacent to an activating group) is 1. The third-order valence-electron chi connectivity index (χ3n) is 5.80. The largest absolute Gasteiger partial charge is 0.410 e. The number of fused-ring (bicyclic) bond motifs is 1. The van der Waals surface area contributed by atoms with Gasteiger partial charge < -0.3 is 14.2 Å². The fourth-order valence-electron chi connectivity index (χ4n) is 3.85. The van der Waals surface area contributed by atoms with Crippen LogP contribution < -0.4 is 4.90 Å². The molecule has 2 aromatic rings. The normalized spacial score (nSPS) is 17.9. The smallest absolute Gasteiger partial charge is 0.276 e. The second kappa shape index (κ2) is 10.7. The van der Waals surface area contributed by atoms with Crippen LogP contribution in [0.2, 0.25) is 0 Å². The Hall–Kier alpha value is -2.34. The number of piperazine rings is 1. The van der Waals surface area contributed by atoms with E-state index in [0.717, 1.165) is 45.0 Å². The number of carbonyl (C=O) groups is 1. The number of rotatable bonds is 8. The first-order valence-electron chi connectivity index (χ1n) is 11.2. The molecule has 2 aliphatic rings. The number of amides is 1. The summed E-state index contributed by atoms with van der Waals surface area (Å²) in [4.78, 5) is 25.9. The maximum Gasteiger partial charge on any atom is 0.276 e. The van der Waals surface area contributed by atoms with Crippen molar-refractivity contribution in [1.82, 2.24) is 24.9 Å². The van der Waals surface area contributed by atoms with Gasteiger partial charge in [0, 0.05) is 44.0 Å². The summed E-state index contributed by atoms with van der Waals surface area (Å²) in [5, 5.41) is 8.67. The first kappa shape index (κ1) is 23.8. The van der Waals surface area contributed by atoms with Gasteiger partial charge in [0.1, 0.15) is 18.1 Å². The third kappa shape index (κ3) is 5.78. The number of hydrogen-bond donors (Lipinski definition) is 0. The molecular formula is C22H30FN7O2S. The minimum atomic E-state index is -0.410. The highest BCUT2D eigenvalue weighted by Crippen LogP contribution is 2.29. The molecule has 1 amide bonds. The quantitative estimate of drug-likeness (QED) is 0.533. The van der Waals surface area contributed by atoms with Gasteiger partial charge in [0.15, 0.2) is 0 Å². The van der Waals surface area contributed by atoms with Gasteiger partial charge in [-0.15, -0.1) is 10.2 Å². The van der Waals surface area contributed by atoms with E-state index >= 15 is 0 Å². The summed E-state index contributed by atoms with van der Waals surface area (Å²) in [7, 11) is 4.00. The van der Waals surface area contributed by atoms with Crippen molar-refractivity contribution < 1.29 is 13.6 Å². The summed E-state index contributed by atoms with van der Waals surface area (Å²) < 4.78 is 20.1. The van der Waals surface area contributed by atoms with Crippen LogP contribution in [0.25, 0.3) is 0 Å². The van der Waals surface area contributed by atoms with Crippen LogP contribution in [-0.4, -0.2) is 109 Å². The van der Waals surface area contributed by atoms with E-state index < -0.39 is 5.82 Å². The van der Waals surface area contributed by atoms with Crippen LogP contribution in [-0.2, 0) is 4.79 Å². The molecule has 1 fully saturated rings. The Morgan fingerprint density at radius 1 is 1.15 bits per heavy atom. The summed E-state index contributed by atoms with van der Waals surface area (Å²) in [5.74, 6) is 0.438. The summed E-state index contributed by atoms with van der Waals surface area (Å²) in [5.41, 5.74) is 1.44. The van der Waals surface area contributed by atoms with Crippen LogP contribution in [0.4, 0.5) is 10.1 Å². The van der Waals surface area contributed by atoms with E-state index in [9.17, 15) is 9.18 Å². The molecule has 0 radical (unpaired) electrons. The summed E-state index contributed by atoms with van der Waals surface area (Å²) in [6, 6.07) is 4.39. The van der Waals surface area contributed by atoms with Gasteiger partial charge in [-0.1, -0.05) is 18.7 Å². The fraction of sp³-hybridized carbons (Fsp3) is 0.545. The van der Waals surface area contributed by atoms with E-state index in [1.807, 2.05) is 14.1 Å². The van der Waals surface area contributed by atoms with Crippen molar-refractivity contribution in [1.29, 1.82) is 0 Å². The number of aliphatic imine (C=N–C) groups is 1. The van der Waals surface area contributed by atoms with Crippen molar-refractivity contribution in [3.8, 4) is 0 Å². The highest BCUT2D eigenvalue weighted by Gasteiger charge is 2.30. The van der Waals surface area contributed by atoms with Crippen molar-refractivity contribution in [3.63, 3.8) is 0 Å². The molecule has 0 N–H and O–H groups in total. The van der Waals surface area contributed by atoms with E-state index in [4.69, 9.17) is 4.42 Å². The van der Waals surface area contributed by atoms with Gasteiger partial charge in [-0.3, -0.25) is 19.6 Å². The lowest BCUT2D eigenvalue weighted by Crippen LogP contribution is -2.51. The molecular weight excluding hydrogens is 445 g/mol. The van der Waals surface area contributed by atoms with Crippen LogP contribution in [0.5, 0.6) is 0 Å². The third-order valence-corrected chi connectivity index (χ3v) is 6.60. The Balaban J connectivity index is 1.57. The maximum absolute atomic E-state index is 14.3. The monoisotopic (exact) mass is 475 g/mol. The molecule has 9 nitrogen and oxygen atoms in total. The molecule has 0 unspecified atom stereocenters. The molecule has 178 valence electrons. The van der Waals surface area contributed by atoms with Crippen LogP contribution in [0, 0.1) is 5.82 Å². The molecule has 11 heteroatoms.